The third-order valence-corrected chi connectivity index (χ3v) is 5.70. The van der Waals surface area contributed by atoms with Crippen molar-refractivity contribution in [1.29, 1.82) is 0 Å². The maximum absolute atomic E-state index is 12.8. The number of carbonyl (C=O) groups is 2. The van der Waals surface area contributed by atoms with Gasteiger partial charge in [0.25, 0.3) is 0 Å². The van der Waals surface area contributed by atoms with Crippen molar-refractivity contribution in [2.75, 3.05) is 14.2 Å². The Morgan fingerprint density at radius 2 is 1.72 bits per heavy atom. The van der Waals surface area contributed by atoms with Crippen LogP contribution in [0.1, 0.15) is 32.8 Å². The summed E-state index contributed by atoms with van der Waals surface area (Å²) >= 11 is 0. The highest BCUT2D eigenvalue weighted by atomic mass is 31.2. The van der Waals surface area contributed by atoms with E-state index in [1.165, 1.54) is 14.0 Å². The first-order chi connectivity index (χ1) is 13.4. The molecule has 0 radical (unpaired) electrons. The summed E-state index contributed by atoms with van der Waals surface area (Å²) < 4.78 is 16.5. The molecular weight excluding hydrogens is 397 g/mol. The Morgan fingerprint density at radius 1 is 1.17 bits per heavy atom. The number of imide groups is 1. The van der Waals surface area contributed by atoms with Crippen LogP contribution >= 0.6 is 7.60 Å². The molecule has 2 amide bonds. The number of likely N-dealkylation sites (N-methyl/N-ethyl adjacent to an activating group) is 1. The first-order valence-electron chi connectivity index (χ1n) is 9.38. The topological polar surface area (TPSA) is 142 Å². The van der Waals surface area contributed by atoms with Crippen molar-refractivity contribution in [1.82, 2.24) is 10.2 Å². The predicted molar refractivity (Wildman–Crippen MR) is 110 cm³/mol. The van der Waals surface area contributed by atoms with Gasteiger partial charge in [-0.05, 0) is 43.4 Å². The van der Waals surface area contributed by atoms with Crippen LogP contribution in [0.4, 0.5) is 0 Å². The Balaban J connectivity index is 2.86. The fraction of sp³-hybridized carbons (Fsp3) is 0.579. The van der Waals surface area contributed by atoms with Crippen LogP contribution in [0.5, 0.6) is 5.75 Å². The number of nitrogens with two attached hydrogens (primary N) is 1. The van der Waals surface area contributed by atoms with Gasteiger partial charge in [0.15, 0.2) is 0 Å². The molecule has 0 bridgehead atoms. The number of benzene rings is 1. The molecular formula is C19H32N3O6P. The summed E-state index contributed by atoms with van der Waals surface area (Å²) in [4.78, 5) is 45.1. The van der Waals surface area contributed by atoms with E-state index in [0.29, 0.717) is 12.2 Å². The largest absolute Gasteiger partial charge is 0.497 e. The first kappa shape index (κ1) is 25.3. The summed E-state index contributed by atoms with van der Waals surface area (Å²) in [5.74, 6) is -1.61. The normalized spacial score (nSPS) is 14.9. The smallest absolute Gasteiger partial charge is 0.342 e. The molecule has 3 atom stereocenters. The number of nitrogens with zero attached hydrogens (tertiary/aromatic N) is 1. The summed E-state index contributed by atoms with van der Waals surface area (Å²) in [7, 11) is -1.54. The van der Waals surface area contributed by atoms with E-state index in [1.54, 1.807) is 31.4 Å². The van der Waals surface area contributed by atoms with E-state index in [1.807, 2.05) is 13.8 Å². The lowest BCUT2D eigenvalue weighted by atomic mass is 10.0. The number of nitrogens with one attached hydrogen (secondary N) is 1. The van der Waals surface area contributed by atoms with E-state index in [9.17, 15) is 23.9 Å². The number of carbonyl (C=O) groups excluding carboxylic acids is 2. The van der Waals surface area contributed by atoms with Crippen molar-refractivity contribution < 1.29 is 28.7 Å². The Morgan fingerprint density at radius 3 is 2.17 bits per heavy atom. The minimum absolute atomic E-state index is 0.0666. The van der Waals surface area contributed by atoms with Gasteiger partial charge in [-0.15, -0.1) is 0 Å². The Hall–Kier alpha value is -1.77. The molecule has 10 heteroatoms. The monoisotopic (exact) mass is 429 g/mol. The zero-order valence-electron chi connectivity index (χ0n) is 17.5. The van der Waals surface area contributed by atoms with E-state index in [0.717, 1.165) is 10.5 Å². The lowest BCUT2D eigenvalue weighted by molar-refractivity contribution is -0.145. The quantitative estimate of drug-likeness (QED) is 0.405. The van der Waals surface area contributed by atoms with Crippen LogP contribution in [0.15, 0.2) is 24.3 Å². The van der Waals surface area contributed by atoms with Gasteiger partial charge < -0.3 is 20.3 Å². The molecule has 0 aliphatic rings. The van der Waals surface area contributed by atoms with Gasteiger partial charge in [0.2, 0.25) is 11.8 Å². The molecule has 0 aliphatic carbocycles. The summed E-state index contributed by atoms with van der Waals surface area (Å²) in [5, 5.41) is 2.66. The highest BCUT2D eigenvalue weighted by Crippen LogP contribution is 2.39. The van der Waals surface area contributed by atoms with Crippen LogP contribution in [-0.4, -0.2) is 58.5 Å². The van der Waals surface area contributed by atoms with Crippen molar-refractivity contribution in [3.63, 3.8) is 0 Å². The maximum atomic E-state index is 12.8. The average Bonchev–Trinajstić information content (AvgIpc) is 2.65. The van der Waals surface area contributed by atoms with Crippen molar-refractivity contribution in [2.45, 2.75) is 51.5 Å². The molecule has 0 spiro atoms. The van der Waals surface area contributed by atoms with Crippen LogP contribution in [0.2, 0.25) is 0 Å². The van der Waals surface area contributed by atoms with Crippen LogP contribution < -0.4 is 15.8 Å². The van der Waals surface area contributed by atoms with Crippen molar-refractivity contribution in [3.8, 4) is 5.75 Å². The molecule has 0 heterocycles. The number of hydrogen-bond acceptors (Lipinski definition) is 6. The van der Waals surface area contributed by atoms with Gasteiger partial charge in [0.1, 0.15) is 11.5 Å². The fourth-order valence-corrected chi connectivity index (χ4v) is 3.17. The SMILES string of the molecule is COc1ccc(C[C@H](N)C(=O)N(C)C(=O)C(CC(C)C)NC(C)P(=O)(O)O)cc1. The second-order valence-corrected chi connectivity index (χ2v) is 9.46. The molecule has 1 aromatic carbocycles. The predicted octanol–water partition coefficient (Wildman–Crippen LogP) is 1.08. The summed E-state index contributed by atoms with van der Waals surface area (Å²) in [6.45, 7) is 5.06. The number of rotatable bonds is 10. The average molecular weight is 429 g/mol. The summed E-state index contributed by atoms with van der Waals surface area (Å²) in [6, 6.07) is 5.24. The molecule has 2 unspecified atom stereocenters. The second kappa shape index (κ2) is 10.8. The Bertz CT molecular complexity index is 734. The molecule has 1 rings (SSSR count). The number of methoxy groups -OCH3 is 1. The van der Waals surface area contributed by atoms with Gasteiger partial charge in [0, 0.05) is 7.05 Å². The molecule has 0 fully saturated rings. The highest BCUT2D eigenvalue weighted by Gasteiger charge is 2.33. The highest BCUT2D eigenvalue weighted by molar-refractivity contribution is 7.52. The molecule has 0 saturated carbocycles. The third-order valence-electron chi connectivity index (χ3n) is 4.55. The summed E-state index contributed by atoms with van der Waals surface area (Å²) in [5.41, 5.74) is 6.83. The van der Waals surface area contributed by atoms with Gasteiger partial charge in [-0.25, -0.2) is 0 Å². The van der Waals surface area contributed by atoms with Gasteiger partial charge >= 0.3 is 7.60 Å². The van der Waals surface area contributed by atoms with Gasteiger partial charge in [-0.1, -0.05) is 26.0 Å². The van der Waals surface area contributed by atoms with Gasteiger partial charge in [-0.3, -0.25) is 24.4 Å². The molecule has 5 N–H and O–H groups in total. The van der Waals surface area contributed by atoms with Crippen molar-refractivity contribution in [3.05, 3.63) is 29.8 Å². The fourth-order valence-electron chi connectivity index (χ4n) is 2.79. The van der Waals surface area contributed by atoms with E-state index in [4.69, 9.17) is 10.5 Å². The van der Waals surface area contributed by atoms with Gasteiger partial charge in [0.05, 0.1) is 19.2 Å². The van der Waals surface area contributed by atoms with E-state index in [2.05, 4.69) is 5.32 Å². The third kappa shape index (κ3) is 7.87. The minimum Gasteiger partial charge on any atom is -0.497 e. The van der Waals surface area contributed by atoms with Crippen molar-refractivity contribution >= 4 is 19.4 Å². The van der Waals surface area contributed by atoms with E-state index >= 15 is 0 Å². The molecule has 9 nitrogen and oxygen atoms in total. The van der Waals surface area contributed by atoms with Gasteiger partial charge in [-0.2, -0.15) is 0 Å². The maximum Gasteiger partial charge on any atom is 0.342 e. The van der Waals surface area contributed by atoms with Crippen LogP contribution in [0, 0.1) is 5.92 Å². The molecule has 0 aliphatic heterocycles. The van der Waals surface area contributed by atoms with Crippen LogP contribution in [0.3, 0.4) is 0 Å². The Kier molecular flexibility index (Phi) is 9.45. The number of hydrogen-bond donors (Lipinski definition) is 4. The number of ether oxygens (including phenoxy) is 1. The molecule has 0 saturated heterocycles. The standard InChI is InChI=1S/C19H32N3O6P/c1-12(2)10-17(21-13(3)29(25,26)27)19(24)22(4)18(23)16(20)11-14-6-8-15(28-5)9-7-14/h6-9,12-13,16-17,21H,10-11,20H2,1-5H3,(H2,25,26,27)/t13?,16-,17?/m0/s1. The zero-order valence-corrected chi connectivity index (χ0v) is 18.4. The lowest BCUT2D eigenvalue weighted by Crippen LogP contribution is -2.53. The van der Waals surface area contributed by atoms with Crippen LogP contribution in [-0.2, 0) is 20.6 Å². The van der Waals surface area contributed by atoms with Crippen molar-refractivity contribution in [2.24, 2.45) is 11.7 Å². The first-order valence-corrected chi connectivity index (χ1v) is 11.1. The van der Waals surface area contributed by atoms with Crippen LogP contribution in [0.25, 0.3) is 0 Å². The molecule has 0 aromatic heterocycles. The molecule has 29 heavy (non-hydrogen) atoms. The second-order valence-electron chi connectivity index (χ2n) is 7.51. The lowest BCUT2D eigenvalue weighted by Gasteiger charge is -2.28. The zero-order chi connectivity index (χ0) is 22.4. The van der Waals surface area contributed by atoms with E-state index < -0.39 is 37.3 Å². The Labute approximate surface area is 171 Å². The molecule has 164 valence electrons. The minimum atomic E-state index is -4.42. The molecule has 1 aromatic rings. The summed E-state index contributed by atoms with van der Waals surface area (Å²) in [6.07, 6.45) is 0.552. The van der Waals surface area contributed by atoms with E-state index in [-0.39, 0.29) is 12.3 Å². The number of amides is 2.